The maximum Gasteiger partial charge on any atom is 0.0985 e. The van der Waals surface area contributed by atoms with E-state index in [0.717, 1.165) is 22.5 Å². The summed E-state index contributed by atoms with van der Waals surface area (Å²) in [7, 11) is 1.94. The summed E-state index contributed by atoms with van der Waals surface area (Å²) in [6.45, 7) is 2.56. The van der Waals surface area contributed by atoms with E-state index in [-0.39, 0.29) is 0 Å². The Morgan fingerprint density at radius 2 is 2.36 bits per heavy atom. The van der Waals surface area contributed by atoms with Gasteiger partial charge in [-0.1, -0.05) is 0 Å². The second-order valence-electron chi connectivity index (χ2n) is 3.34. The second-order valence-corrected chi connectivity index (χ2v) is 3.34. The Kier molecular flexibility index (Phi) is 2.13. The van der Waals surface area contributed by atoms with E-state index >= 15 is 0 Å². The molecule has 0 saturated heterocycles. The molecule has 14 heavy (non-hydrogen) atoms. The summed E-state index contributed by atoms with van der Waals surface area (Å²) in [6, 6.07) is 2.00. The number of H-pyrrole nitrogens is 1. The van der Waals surface area contributed by atoms with Crippen LogP contribution < -0.4 is 5.73 Å². The van der Waals surface area contributed by atoms with Gasteiger partial charge < -0.3 is 10.7 Å². The van der Waals surface area contributed by atoms with E-state index in [4.69, 9.17) is 5.73 Å². The number of nitrogens with zero attached hydrogens (tertiary/aromatic N) is 2. The molecule has 0 fully saturated rings. The lowest BCUT2D eigenvalue weighted by atomic mass is 10.1. The van der Waals surface area contributed by atoms with Crippen LogP contribution >= 0.6 is 0 Å². The summed E-state index contributed by atoms with van der Waals surface area (Å²) in [5, 5.41) is 4.44. The van der Waals surface area contributed by atoms with Gasteiger partial charge in [0.1, 0.15) is 0 Å². The first-order valence-corrected chi connectivity index (χ1v) is 4.59. The fourth-order valence-electron chi connectivity index (χ4n) is 1.60. The highest BCUT2D eigenvalue weighted by molar-refractivity contribution is 5.63. The van der Waals surface area contributed by atoms with Crippen molar-refractivity contribution in [2.45, 2.75) is 13.5 Å². The van der Waals surface area contributed by atoms with Crippen molar-refractivity contribution in [3.63, 3.8) is 0 Å². The van der Waals surface area contributed by atoms with E-state index in [0.29, 0.717) is 6.54 Å². The van der Waals surface area contributed by atoms with E-state index in [2.05, 4.69) is 10.1 Å². The van der Waals surface area contributed by atoms with Crippen LogP contribution in [0.4, 0.5) is 0 Å². The highest BCUT2D eigenvalue weighted by atomic mass is 15.3. The lowest BCUT2D eigenvalue weighted by Gasteiger charge is -1.97. The lowest BCUT2D eigenvalue weighted by Crippen LogP contribution is -1.99. The molecule has 0 spiro atoms. The minimum absolute atomic E-state index is 0.528. The number of rotatable bonds is 2. The fourth-order valence-corrected chi connectivity index (χ4v) is 1.60. The van der Waals surface area contributed by atoms with Gasteiger partial charge in [-0.2, -0.15) is 5.10 Å². The van der Waals surface area contributed by atoms with Gasteiger partial charge in [-0.15, -0.1) is 0 Å². The predicted molar refractivity (Wildman–Crippen MR) is 55.6 cm³/mol. The molecule has 0 bridgehead atoms. The molecule has 2 heterocycles. The summed E-state index contributed by atoms with van der Waals surface area (Å²) in [5.41, 5.74) is 10.0. The molecule has 2 rings (SSSR count). The van der Waals surface area contributed by atoms with Gasteiger partial charge >= 0.3 is 0 Å². The summed E-state index contributed by atoms with van der Waals surface area (Å²) in [5.74, 6) is 0. The molecule has 4 heteroatoms. The normalized spacial score (nSPS) is 10.8. The van der Waals surface area contributed by atoms with Gasteiger partial charge in [-0.25, -0.2) is 0 Å². The second kappa shape index (κ2) is 3.31. The molecule has 2 aromatic rings. The third-order valence-corrected chi connectivity index (χ3v) is 2.53. The molecule has 0 radical (unpaired) electrons. The average molecular weight is 190 g/mol. The van der Waals surface area contributed by atoms with Crippen LogP contribution in [0.2, 0.25) is 0 Å². The number of hydrogen-bond donors (Lipinski definition) is 2. The molecule has 0 aliphatic rings. The van der Waals surface area contributed by atoms with Crippen molar-refractivity contribution >= 4 is 0 Å². The number of nitrogens with two attached hydrogens (primary N) is 1. The molecule has 0 unspecified atom stereocenters. The standard InChI is InChI=1S/C10H14N4/c1-7-9(5-11)10(13-14(7)2)8-3-4-12-6-8/h3-4,6,12H,5,11H2,1-2H3. The Labute approximate surface area is 82.7 Å². The van der Waals surface area contributed by atoms with Crippen LogP contribution in [0.15, 0.2) is 18.5 Å². The van der Waals surface area contributed by atoms with E-state index in [9.17, 15) is 0 Å². The van der Waals surface area contributed by atoms with Crippen molar-refractivity contribution in [1.29, 1.82) is 0 Å². The Bertz CT molecular complexity index is 425. The molecule has 74 valence electrons. The van der Waals surface area contributed by atoms with Crippen LogP contribution in [0.1, 0.15) is 11.3 Å². The maximum absolute atomic E-state index is 5.71. The van der Waals surface area contributed by atoms with Gasteiger partial charge in [0.15, 0.2) is 0 Å². The number of hydrogen-bond acceptors (Lipinski definition) is 2. The van der Waals surface area contributed by atoms with E-state index < -0.39 is 0 Å². The first kappa shape index (κ1) is 9.02. The molecule has 0 amide bonds. The van der Waals surface area contributed by atoms with Crippen LogP contribution in [0, 0.1) is 6.92 Å². The average Bonchev–Trinajstić information content (AvgIpc) is 2.76. The van der Waals surface area contributed by atoms with Crippen molar-refractivity contribution < 1.29 is 0 Å². The minimum atomic E-state index is 0.528. The predicted octanol–water partition coefficient (Wildman–Crippen LogP) is 1.18. The molecule has 0 aromatic carbocycles. The van der Waals surface area contributed by atoms with Crippen molar-refractivity contribution in [3.8, 4) is 11.3 Å². The first-order chi connectivity index (χ1) is 6.74. The third kappa shape index (κ3) is 1.24. The Morgan fingerprint density at radius 1 is 1.57 bits per heavy atom. The summed E-state index contributed by atoms with van der Waals surface area (Å²) in [6.07, 6.45) is 3.82. The lowest BCUT2D eigenvalue weighted by molar-refractivity contribution is 0.740. The zero-order chi connectivity index (χ0) is 10.1. The smallest absolute Gasteiger partial charge is 0.0985 e. The molecule has 2 aromatic heterocycles. The topological polar surface area (TPSA) is 59.6 Å². The van der Waals surface area contributed by atoms with Crippen LogP contribution in [0.25, 0.3) is 11.3 Å². The highest BCUT2D eigenvalue weighted by Crippen LogP contribution is 2.23. The Balaban J connectivity index is 2.59. The molecule has 0 aliphatic carbocycles. The zero-order valence-corrected chi connectivity index (χ0v) is 8.41. The molecular weight excluding hydrogens is 176 g/mol. The third-order valence-electron chi connectivity index (χ3n) is 2.53. The monoisotopic (exact) mass is 190 g/mol. The zero-order valence-electron chi connectivity index (χ0n) is 8.41. The van der Waals surface area contributed by atoms with Gasteiger partial charge in [0, 0.05) is 42.8 Å². The molecule has 3 N–H and O–H groups in total. The van der Waals surface area contributed by atoms with E-state index in [1.807, 2.05) is 37.1 Å². The van der Waals surface area contributed by atoms with Crippen molar-refractivity contribution in [2.24, 2.45) is 12.8 Å². The van der Waals surface area contributed by atoms with Crippen LogP contribution in [-0.2, 0) is 13.6 Å². The quantitative estimate of drug-likeness (QED) is 0.747. The van der Waals surface area contributed by atoms with Crippen LogP contribution in [0.3, 0.4) is 0 Å². The number of aromatic amines is 1. The molecule has 0 atom stereocenters. The molecular formula is C10H14N4. The van der Waals surface area contributed by atoms with Crippen LogP contribution in [0.5, 0.6) is 0 Å². The van der Waals surface area contributed by atoms with Gasteiger partial charge in [-0.05, 0) is 13.0 Å². The van der Waals surface area contributed by atoms with Gasteiger partial charge in [-0.3, -0.25) is 4.68 Å². The van der Waals surface area contributed by atoms with Crippen LogP contribution in [-0.4, -0.2) is 14.8 Å². The largest absolute Gasteiger partial charge is 0.367 e. The molecule has 0 aliphatic heterocycles. The summed E-state index contributed by atoms with van der Waals surface area (Å²) >= 11 is 0. The number of aromatic nitrogens is 3. The number of nitrogens with one attached hydrogen (secondary N) is 1. The van der Waals surface area contributed by atoms with Gasteiger partial charge in [0.05, 0.1) is 5.69 Å². The maximum atomic E-state index is 5.71. The number of aryl methyl sites for hydroxylation is 1. The van der Waals surface area contributed by atoms with E-state index in [1.54, 1.807) is 0 Å². The van der Waals surface area contributed by atoms with Crippen molar-refractivity contribution in [2.75, 3.05) is 0 Å². The fraction of sp³-hybridized carbons (Fsp3) is 0.300. The summed E-state index contributed by atoms with van der Waals surface area (Å²) < 4.78 is 1.87. The van der Waals surface area contributed by atoms with E-state index in [1.165, 1.54) is 0 Å². The Morgan fingerprint density at radius 3 is 2.93 bits per heavy atom. The summed E-state index contributed by atoms with van der Waals surface area (Å²) in [4.78, 5) is 3.02. The highest BCUT2D eigenvalue weighted by Gasteiger charge is 2.12. The van der Waals surface area contributed by atoms with Gasteiger partial charge in [0.2, 0.25) is 0 Å². The molecule has 4 nitrogen and oxygen atoms in total. The Hall–Kier alpha value is -1.55. The molecule has 0 saturated carbocycles. The minimum Gasteiger partial charge on any atom is -0.367 e. The van der Waals surface area contributed by atoms with Crippen molar-refractivity contribution in [3.05, 3.63) is 29.7 Å². The van der Waals surface area contributed by atoms with Gasteiger partial charge in [0.25, 0.3) is 0 Å². The van der Waals surface area contributed by atoms with Crippen molar-refractivity contribution in [1.82, 2.24) is 14.8 Å². The SMILES string of the molecule is Cc1c(CN)c(-c2cc[nH]c2)nn1C. The first-order valence-electron chi connectivity index (χ1n) is 4.59.